The van der Waals surface area contributed by atoms with E-state index in [1.165, 1.54) is 0 Å². The third-order valence-corrected chi connectivity index (χ3v) is 4.22. The smallest absolute Gasteiger partial charge is 0.265 e. The molecule has 1 atom stereocenters. The van der Waals surface area contributed by atoms with Crippen LogP contribution in [0.2, 0.25) is 0 Å². The van der Waals surface area contributed by atoms with E-state index in [4.69, 9.17) is 4.42 Å². The van der Waals surface area contributed by atoms with Crippen LogP contribution in [0.25, 0.3) is 0 Å². The molecule has 0 aromatic carbocycles. The number of furan rings is 1. The van der Waals surface area contributed by atoms with Crippen molar-refractivity contribution in [2.24, 2.45) is 0 Å². The summed E-state index contributed by atoms with van der Waals surface area (Å²) in [5.41, 5.74) is 1.88. The number of rotatable bonds is 3. The van der Waals surface area contributed by atoms with E-state index in [1.807, 2.05) is 13.0 Å². The molecule has 0 unspecified atom stereocenters. The van der Waals surface area contributed by atoms with Gasteiger partial charge >= 0.3 is 0 Å². The number of aromatic nitrogens is 2. The highest BCUT2D eigenvalue weighted by atomic mass is 32.1. The Labute approximate surface area is 115 Å². The second-order valence-corrected chi connectivity index (χ2v) is 5.37. The number of nitrogens with zero attached hydrogens (tertiary/aromatic N) is 2. The van der Waals surface area contributed by atoms with Crippen LogP contribution < -0.4 is 5.32 Å². The molecular formula is C13H15N3O2S. The first kappa shape index (κ1) is 12.3. The van der Waals surface area contributed by atoms with Gasteiger partial charge in [0.15, 0.2) is 0 Å². The van der Waals surface area contributed by atoms with Crippen LogP contribution in [0, 0.1) is 0 Å². The predicted molar refractivity (Wildman–Crippen MR) is 71.1 cm³/mol. The van der Waals surface area contributed by atoms with E-state index in [2.05, 4.69) is 14.9 Å². The Kier molecular flexibility index (Phi) is 3.33. The number of aryl methyl sites for hydroxylation is 2. The molecule has 6 heteroatoms. The number of amides is 1. The summed E-state index contributed by atoms with van der Waals surface area (Å²) in [7, 11) is 0. The van der Waals surface area contributed by atoms with Crippen molar-refractivity contribution < 1.29 is 9.21 Å². The van der Waals surface area contributed by atoms with E-state index < -0.39 is 0 Å². The van der Waals surface area contributed by atoms with Crippen molar-refractivity contribution in [3.63, 3.8) is 0 Å². The molecule has 19 heavy (non-hydrogen) atoms. The van der Waals surface area contributed by atoms with Gasteiger partial charge in [0.05, 0.1) is 18.0 Å². The van der Waals surface area contributed by atoms with Crippen molar-refractivity contribution in [3.05, 3.63) is 34.2 Å². The molecule has 2 aromatic rings. The number of hydrogen-bond donors (Lipinski definition) is 1. The number of carbonyl (C=O) groups excluding carboxylic acids is 1. The first-order chi connectivity index (χ1) is 9.29. The van der Waals surface area contributed by atoms with Crippen molar-refractivity contribution in [2.75, 3.05) is 0 Å². The summed E-state index contributed by atoms with van der Waals surface area (Å²) in [6, 6.07) is 1.99. The van der Waals surface area contributed by atoms with Gasteiger partial charge in [-0.1, -0.05) is 11.4 Å². The number of fused-ring (bicyclic) bond motifs is 1. The topological polar surface area (TPSA) is 68.0 Å². The lowest BCUT2D eigenvalue weighted by molar-refractivity contribution is 0.0935. The van der Waals surface area contributed by atoms with E-state index in [1.54, 1.807) is 6.26 Å². The fourth-order valence-electron chi connectivity index (χ4n) is 2.47. The van der Waals surface area contributed by atoms with Crippen LogP contribution in [-0.4, -0.2) is 15.5 Å². The summed E-state index contributed by atoms with van der Waals surface area (Å²) < 4.78 is 9.28. The predicted octanol–water partition coefficient (Wildman–Crippen LogP) is 2.50. The summed E-state index contributed by atoms with van der Waals surface area (Å²) in [6.45, 7) is 1.97. The molecule has 2 heterocycles. The van der Waals surface area contributed by atoms with Crippen LogP contribution in [0.3, 0.4) is 0 Å². The van der Waals surface area contributed by atoms with Crippen LogP contribution in [0.4, 0.5) is 0 Å². The van der Waals surface area contributed by atoms with Gasteiger partial charge < -0.3 is 9.73 Å². The van der Waals surface area contributed by atoms with Gasteiger partial charge in [0, 0.05) is 12.0 Å². The van der Waals surface area contributed by atoms with Gasteiger partial charge in [0.2, 0.25) is 0 Å². The van der Waals surface area contributed by atoms with Gasteiger partial charge in [-0.15, -0.1) is 5.10 Å². The van der Waals surface area contributed by atoms with Gasteiger partial charge in [-0.3, -0.25) is 4.79 Å². The Balaban J connectivity index is 1.78. The Morgan fingerprint density at radius 3 is 3.37 bits per heavy atom. The molecule has 0 saturated carbocycles. The molecule has 1 aliphatic carbocycles. The Morgan fingerprint density at radius 1 is 1.63 bits per heavy atom. The summed E-state index contributed by atoms with van der Waals surface area (Å²) in [4.78, 5) is 12.9. The van der Waals surface area contributed by atoms with Crippen LogP contribution in [-0.2, 0) is 12.8 Å². The Bertz CT molecular complexity index is 590. The average molecular weight is 277 g/mol. The number of nitrogens with one attached hydrogen (secondary N) is 1. The molecule has 0 spiro atoms. The van der Waals surface area contributed by atoms with Crippen molar-refractivity contribution in [3.8, 4) is 0 Å². The van der Waals surface area contributed by atoms with Crippen molar-refractivity contribution >= 4 is 17.4 Å². The third kappa shape index (κ3) is 2.28. The second-order valence-electron chi connectivity index (χ2n) is 4.62. The first-order valence-corrected chi connectivity index (χ1v) is 7.25. The zero-order valence-corrected chi connectivity index (χ0v) is 11.5. The summed E-state index contributed by atoms with van der Waals surface area (Å²) >= 11 is 1.16. The molecule has 1 aliphatic rings. The van der Waals surface area contributed by atoms with E-state index in [0.717, 1.165) is 54.2 Å². The van der Waals surface area contributed by atoms with Crippen LogP contribution >= 0.6 is 11.5 Å². The molecule has 0 radical (unpaired) electrons. The maximum atomic E-state index is 12.3. The van der Waals surface area contributed by atoms with E-state index in [9.17, 15) is 4.79 Å². The Hall–Kier alpha value is -1.69. The minimum atomic E-state index is -0.0779. The largest absolute Gasteiger partial charge is 0.469 e. The molecule has 5 nitrogen and oxygen atoms in total. The molecule has 2 aromatic heterocycles. The molecule has 3 rings (SSSR count). The van der Waals surface area contributed by atoms with Gasteiger partial charge in [0.1, 0.15) is 10.6 Å². The lowest BCUT2D eigenvalue weighted by Gasteiger charge is -2.22. The standard InChI is InChI=1S/C13H15N3O2S/c1-2-9-12(19-16-15-9)13(17)14-10-4-3-5-11-8(10)6-7-18-11/h6-7,10H,2-5H2,1H3,(H,14,17)/t10-/m1/s1. The molecule has 100 valence electrons. The number of hydrogen-bond acceptors (Lipinski definition) is 5. The van der Waals surface area contributed by atoms with E-state index in [-0.39, 0.29) is 11.9 Å². The normalized spacial score (nSPS) is 18.1. The quantitative estimate of drug-likeness (QED) is 0.936. The molecule has 0 aliphatic heterocycles. The fraction of sp³-hybridized carbons (Fsp3) is 0.462. The second kappa shape index (κ2) is 5.13. The van der Waals surface area contributed by atoms with E-state index >= 15 is 0 Å². The van der Waals surface area contributed by atoms with Gasteiger partial charge in [-0.25, -0.2) is 0 Å². The van der Waals surface area contributed by atoms with Crippen LogP contribution in [0.15, 0.2) is 16.7 Å². The first-order valence-electron chi connectivity index (χ1n) is 6.48. The highest BCUT2D eigenvalue weighted by molar-refractivity contribution is 7.08. The highest BCUT2D eigenvalue weighted by Crippen LogP contribution is 2.30. The lowest BCUT2D eigenvalue weighted by atomic mass is 9.93. The maximum Gasteiger partial charge on any atom is 0.265 e. The highest BCUT2D eigenvalue weighted by Gasteiger charge is 2.25. The summed E-state index contributed by atoms with van der Waals surface area (Å²) in [6.07, 6.45) is 5.36. The van der Waals surface area contributed by atoms with Crippen LogP contribution in [0.1, 0.15) is 52.5 Å². The van der Waals surface area contributed by atoms with Gasteiger partial charge in [-0.05, 0) is 36.9 Å². The maximum absolute atomic E-state index is 12.3. The SMILES string of the molecule is CCc1nnsc1C(=O)N[C@@H]1CCCc2occc21. The number of carbonyl (C=O) groups is 1. The zero-order chi connectivity index (χ0) is 13.2. The molecule has 0 fully saturated rings. The van der Waals surface area contributed by atoms with Crippen molar-refractivity contribution in [1.82, 2.24) is 14.9 Å². The fourth-order valence-corrected chi connectivity index (χ4v) is 3.13. The van der Waals surface area contributed by atoms with Crippen LogP contribution in [0.5, 0.6) is 0 Å². The van der Waals surface area contributed by atoms with Gasteiger partial charge in [0.25, 0.3) is 5.91 Å². The summed E-state index contributed by atoms with van der Waals surface area (Å²) in [5, 5.41) is 7.04. The van der Waals surface area contributed by atoms with Gasteiger partial charge in [-0.2, -0.15) is 0 Å². The molecule has 1 amide bonds. The lowest BCUT2D eigenvalue weighted by Crippen LogP contribution is -2.30. The summed E-state index contributed by atoms with van der Waals surface area (Å²) in [5.74, 6) is 0.917. The van der Waals surface area contributed by atoms with Crippen molar-refractivity contribution in [1.29, 1.82) is 0 Å². The van der Waals surface area contributed by atoms with E-state index in [0.29, 0.717) is 4.88 Å². The monoisotopic (exact) mass is 277 g/mol. The zero-order valence-electron chi connectivity index (χ0n) is 10.7. The van der Waals surface area contributed by atoms with Crippen molar-refractivity contribution in [2.45, 2.75) is 38.6 Å². The minimum Gasteiger partial charge on any atom is -0.469 e. The average Bonchev–Trinajstić information content (AvgIpc) is 3.07. The molecule has 0 bridgehead atoms. The molecule has 1 N–H and O–H groups in total. The molecule has 0 saturated heterocycles. The third-order valence-electron chi connectivity index (χ3n) is 3.45. The minimum absolute atomic E-state index is 0.0433. The Morgan fingerprint density at radius 2 is 2.53 bits per heavy atom. The molecular weight excluding hydrogens is 262 g/mol.